The van der Waals surface area contributed by atoms with E-state index in [9.17, 15) is 18.0 Å². The third kappa shape index (κ3) is 3.76. The van der Waals surface area contributed by atoms with Crippen LogP contribution in [0.2, 0.25) is 5.15 Å². The van der Waals surface area contributed by atoms with Crippen molar-refractivity contribution >= 4 is 23.6 Å². The van der Waals surface area contributed by atoms with Crippen LogP contribution in [0.15, 0.2) is 42.1 Å². The van der Waals surface area contributed by atoms with Gasteiger partial charge in [0.2, 0.25) is 6.10 Å². The largest absolute Gasteiger partial charge is 0.478 e. The third-order valence-electron chi connectivity index (χ3n) is 3.66. The second-order valence-corrected chi connectivity index (χ2v) is 5.87. The molecule has 2 aromatic rings. The van der Waals surface area contributed by atoms with Gasteiger partial charge in [0.1, 0.15) is 10.9 Å². The van der Waals surface area contributed by atoms with Crippen LogP contribution in [0.4, 0.5) is 13.2 Å². The molecule has 0 fully saturated rings. The topological polar surface area (TPSA) is 59.4 Å². The highest BCUT2D eigenvalue weighted by Gasteiger charge is 2.48. The predicted octanol–water partition coefficient (Wildman–Crippen LogP) is 4.12. The average molecular weight is 370 g/mol. The summed E-state index contributed by atoms with van der Waals surface area (Å²) in [4.78, 5) is 15.0. The minimum absolute atomic E-state index is 0.00764. The summed E-state index contributed by atoms with van der Waals surface area (Å²) in [6.45, 7) is 0. The highest BCUT2D eigenvalue weighted by Crippen LogP contribution is 2.37. The Labute approximate surface area is 145 Å². The van der Waals surface area contributed by atoms with E-state index in [1.165, 1.54) is 12.1 Å². The molecule has 0 aliphatic carbocycles. The molecule has 0 spiro atoms. The van der Waals surface area contributed by atoms with E-state index in [4.69, 9.17) is 21.4 Å². The number of fused-ring (bicyclic) bond motifs is 1. The summed E-state index contributed by atoms with van der Waals surface area (Å²) in [5.74, 6) is -1.67. The summed E-state index contributed by atoms with van der Waals surface area (Å²) < 4.78 is 44.2. The summed E-state index contributed by atoms with van der Waals surface area (Å²) in [5, 5.41) is 9.35. The molecule has 2 heterocycles. The van der Waals surface area contributed by atoms with E-state index >= 15 is 0 Å². The van der Waals surface area contributed by atoms with Gasteiger partial charge < -0.3 is 9.84 Å². The van der Waals surface area contributed by atoms with Crippen LogP contribution in [0.5, 0.6) is 5.75 Å². The van der Waals surface area contributed by atoms with Crippen molar-refractivity contribution in [3.05, 3.63) is 63.9 Å². The first kappa shape index (κ1) is 17.3. The first-order valence-electron chi connectivity index (χ1n) is 7.15. The summed E-state index contributed by atoms with van der Waals surface area (Å²) in [6, 6.07) is 8.08. The molecule has 1 aliphatic heterocycles. The number of hydrogen-bond acceptors (Lipinski definition) is 3. The number of carbonyl (C=O) groups is 1. The van der Waals surface area contributed by atoms with Gasteiger partial charge >= 0.3 is 12.1 Å². The fourth-order valence-electron chi connectivity index (χ4n) is 2.51. The first-order chi connectivity index (χ1) is 11.7. The number of rotatable bonds is 3. The molecule has 1 unspecified atom stereocenters. The molecule has 8 heteroatoms. The number of nitrogens with zero attached hydrogens (tertiary/aromatic N) is 1. The van der Waals surface area contributed by atoms with Gasteiger partial charge in [-0.25, -0.2) is 9.78 Å². The fourth-order valence-corrected chi connectivity index (χ4v) is 2.62. The molecule has 130 valence electrons. The number of carboxylic acid groups (broad SMARTS) is 1. The molecule has 1 N–H and O–H groups in total. The van der Waals surface area contributed by atoms with Gasteiger partial charge in [-0.15, -0.1) is 0 Å². The minimum atomic E-state index is -4.82. The van der Waals surface area contributed by atoms with Crippen molar-refractivity contribution in [2.45, 2.75) is 18.7 Å². The molecule has 1 aliphatic rings. The highest BCUT2D eigenvalue weighted by atomic mass is 35.5. The zero-order valence-corrected chi connectivity index (χ0v) is 13.3. The number of alkyl halides is 3. The molecule has 1 aromatic carbocycles. The normalized spacial score (nSPS) is 16.6. The lowest BCUT2D eigenvalue weighted by atomic mass is 9.98. The maximum atomic E-state index is 13.1. The molecule has 0 bridgehead atoms. The van der Waals surface area contributed by atoms with E-state index in [1.807, 2.05) is 0 Å². The smallest absolute Gasteiger partial charge is 0.430 e. The SMILES string of the molecule is O=C(O)C1=Cc2ccc(Cc3ccc(Cl)nc3)cc2OC1C(F)(F)F. The predicted molar refractivity (Wildman–Crippen MR) is 84.6 cm³/mol. The average Bonchev–Trinajstić information content (AvgIpc) is 2.55. The number of benzene rings is 1. The van der Waals surface area contributed by atoms with E-state index in [0.29, 0.717) is 17.1 Å². The van der Waals surface area contributed by atoms with Crippen LogP contribution >= 0.6 is 11.6 Å². The van der Waals surface area contributed by atoms with Crippen molar-refractivity contribution in [2.24, 2.45) is 0 Å². The number of hydrogen-bond donors (Lipinski definition) is 1. The zero-order chi connectivity index (χ0) is 18.2. The number of halogens is 4. The van der Waals surface area contributed by atoms with Crippen molar-refractivity contribution in [2.75, 3.05) is 0 Å². The standard InChI is InChI=1S/C17H11ClF3NO3/c18-14-4-2-10(8-22-14)5-9-1-3-11-7-12(16(23)24)15(17(19,20)21)25-13(11)6-9/h1-4,6-8,15H,5H2,(H,23,24). The van der Waals surface area contributed by atoms with E-state index in [1.54, 1.807) is 24.4 Å². The Hall–Kier alpha value is -2.54. The van der Waals surface area contributed by atoms with Gasteiger partial charge in [-0.3, -0.25) is 0 Å². The van der Waals surface area contributed by atoms with Crippen molar-refractivity contribution < 1.29 is 27.8 Å². The third-order valence-corrected chi connectivity index (χ3v) is 3.88. The second kappa shape index (κ2) is 6.40. The van der Waals surface area contributed by atoms with Gasteiger partial charge in [-0.05, 0) is 35.8 Å². The summed E-state index contributed by atoms with van der Waals surface area (Å²) in [5.41, 5.74) is 0.982. The van der Waals surface area contributed by atoms with Crippen LogP contribution in [-0.4, -0.2) is 28.3 Å². The molecule has 1 atom stereocenters. The lowest BCUT2D eigenvalue weighted by molar-refractivity contribution is -0.187. The van der Waals surface area contributed by atoms with Crippen molar-refractivity contribution in [3.8, 4) is 5.75 Å². The fraction of sp³-hybridized carbons (Fsp3) is 0.176. The molecule has 25 heavy (non-hydrogen) atoms. The van der Waals surface area contributed by atoms with Crippen LogP contribution in [0.3, 0.4) is 0 Å². The summed E-state index contributed by atoms with van der Waals surface area (Å²) in [6.07, 6.45) is -4.33. The lowest BCUT2D eigenvalue weighted by Gasteiger charge is -2.27. The molecule has 0 amide bonds. The first-order valence-corrected chi connectivity index (χ1v) is 7.53. The Morgan fingerprint density at radius 1 is 1.24 bits per heavy atom. The zero-order valence-electron chi connectivity index (χ0n) is 12.5. The van der Waals surface area contributed by atoms with E-state index in [2.05, 4.69) is 4.98 Å². The van der Waals surface area contributed by atoms with Crippen LogP contribution in [-0.2, 0) is 11.2 Å². The quantitative estimate of drug-likeness (QED) is 0.827. The van der Waals surface area contributed by atoms with Crippen LogP contribution in [0.1, 0.15) is 16.7 Å². The Balaban J connectivity index is 1.93. The van der Waals surface area contributed by atoms with E-state index in [-0.39, 0.29) is 11.3 Å². The highest BCUT2D eigenvalue weighted by molar-refractivity contribution is 6.29. The number of carboxylic acids is 1. The van der Waals surface area contributed by atoms with E-state index in [0.717, 1.165) is 11.6 Å². The Morgan fingerprint density at radius 3 is 2.56 bits per heavy atom. The Kier molecular flexibility index (Phi) is 4.43. The van der Waals surface area contributed by atoms with Crippen LogP contribution in [0, 0.1) is 0 Å². The van der Waals surface area contributed by atoms with Gasteiger partial charge in [0, 0.05) is 11.8 Å². The van der Waals surface area contributed by atoms with Crippen LogP contribution < -0.4 is 4.74 Å². The molecular formula is C17H11ClF3NO3. The van der Waals surface area contributed by atoms with Crippen LogP contribution in [0.25, 0.3) is 6.08 Å². The molecule has 0 saturated heterocycles. The van der Waals surface area contributed by atoms with Gasteiger partial charge in [-0.1, -0.05) is 29.8 Å². The number of aromatic nitrogens is 1. The Bertz CT molecular complexity index is 847. The minimum Gasteiger partial charge on any atom is -0.478 e. The lowest BCUT2D eigenvalue weighted by Crippen LogP contribution is -2.40. The van der Waals surface area contributed by atoms with Gasteiger partial charge in [0.25, 0.3) is 0 Å². The number of aliphatic carboxylic acids is 1. The van der Waals surface area contributed by atoms with Crippen molar-refractivity contribution in [1.29, 1.82) is 0 Å². The molecule has 3 rings (SSSR count). The maximum Gasteiger partial charge on any atom is 0.430 e. The number of ether oxygens (including phenoxy) is 1. The molecular weight excluding hydrogens is 359 g/mol. The van der Waals surface area contributed by atoms with Gasteiger partial charge in [0.15, 0.2) is 0 Å². The summed E-state index contributed by atoms with van der Waals surface area (Å²) >= 11 is 5.72. The van der Waals surface area contributed by atoms with Crippen molar-refractivity contribution in [3.63, 3.8) is 0 Å². The molecule has 4 nitrogen and oxygen atoms in total. The van der Waals surface area contributed by atoms with E-state index < -0.39 is 23.8 Å². The maximum absolute atomic E-state index is 13.1. The monoisotopic (exact) mass is 369 g/mol. The van der Waals surface area contributed by atoms with Crippen molar-refractivity contribution in [1.82, 2.24) is 4.98 Å². The molecule has 0 saturated carbocycles. The van der Waals surface area contributed by atoms with Gasteiger partial charge in [-0.2, -0.15) is 13.2 Å². The molecule has 0 radical (unpaired) electrons. The second-order valence-electron chi connectivity index (χ2n) is 5.48. The molecule has 1 aromatic heterocycles. The number of pyridine rings is 1. The Morgan fingerprint density at radius 2 is 1.96 bits per heavy atom. The summed E-state index contributed by atoms with van der Waals surface area (Å²) in [7, 11) is 0. The van der Waals surface area contributed by atoms with Gasteiger partial charge in [0.05, 0.1) is 5.57 Å².